The molecule has 18 heavy (non-hydrogen) atoms. The molecule has 0 aromatic rings. The molecular weight excluding hydrogens is 251 g/mol. The lowest BCUT2D eigenvalue weighted by Crippen LogP contribution is -2.45. The highest BCUT2D eigenvalue weighted by Gasteiger charge is 2.43. The summed E-state index contributed by atoms with van der Waals surface area (Å²) in [7, 11) is 0. The van der Waals surface area contributed by atoms with Gasteiger partial charge in [-0.2, -0.15) is 13.2 Å². The van der Waals surface area contributed by atoms with Crippen molar-refractivity contribution in [3.8, 4) is 0 Å². The van der Waals surface area contributed by atoms with Gasteiger partial charge >= 0.3 is 12.3 Å². The van der Waals surface area contributed by atoms with Gasteiger partial charge in [0.1, 0.15) is 0 Å². The molecule has 1 saturated heterocycles. The molecule has 1 amide bonds. The first-order chi connectivity index (χ1) is 8.15. The number of carbonyl (C=O) groups excluding carboxylic acids is 1. The maximum atomic E-state index is 12.3. The van der Waals surface area contributed by atoms with Gasteiger partial charge in [-0.3, -0.25) is 0 Å². The van der Waals surface area contributed by atoms with E-state index in [1.807, 2.05) is 13.8 Å². The van der Waals surface area contributed by atoms with E-state index in [0.717, 1.165) is 12.8 Å². The Morgan fingerprint density at radius 1 is 1.39 bits per heavy atom. The van der Waals surface area contributed by atoms with Crippen LogP contribution in [0.2, 0.25) is 0 Å². The third kappa shape index (κ3) is 4.04. The van der Waals surface area contributed by atoms with Gasteiger partial charge in [-0.05, 0) is 18.3 Å². The molecule has 0 radical (unpaired) electrons. The Balaban J connectivity index is 2.51. The maximum Gasteiger partial charge on any atom is 0.427 e. The van der Waals surface area contributed by atoms with Crippen LogP contribution in [0.15, 0.2) is 0 Å². The first-order valence-electron chi connectivity index (χ1n) is 5.79. The summed E-state index contributed by atoms with van der Waals surface area (Å²) in [5, 5.41) is 8.58. The molecule has 0 aliphatic carbocycles. The largest absolute Gasteiger partial charge is 0.434 e. The van der Waals surface area contributed by atoms with Crippen molar-refractivity contribution in [1.82, 2.24) is 4.90 Å². The van der Waals surface area contributed by atoms with Crippen molar-refractivity contribution >= 4 is 6.09 Å². The number of halogens is 3. The van der Waals surface area contributed by atoms with Crippen molar-refractivity contribution in [2.45, 2.75) is 39.0 Å². The zero-order valence-electron chi connectivity index (χ0n) is 10.5. The standard InChI is InChI=1S/C11H18F3NO3/c1-10(2)3-5-15(6-4-10)9(17)18-8(7-16)11(12,13)14/h8,16H,3-7H2,1-2H3. The number of hydrogen-bond donors (Lipinski definition) is 1. The van der Waals surface area contributed by atoms with Crippen molar-refractivity contribution in [2.24, 2.45) is 5.41 Å². The molecule has 1 rings (SSSR count). The molecule has 1 unspecified atom stereocenters. The van der Waals surface area contributed by atoms with Crippen LogP contribution in [0, 0.1) is 5.41 Å². The number of carbonyl (C=O) groups is 1. The number of hydrogen-bond acceptors (Lipinski definition) is 3. The number of aliphatic hydroxyl groups excluding tert-OH is 1. The number of amides is 1. The summed E-state index contributed by atoms with van der Waals surface area (Å²) in [6.45, 7) is 3.59. The summed E-state index contributed by atoms with van der Waals surface area (Å²) in [4.78, 5) is 12.8. The number of likely N-dealkylation sites (tertiary alicyclic amines) is 1. The fourth-order valence-electron chi connectivity index (χ4n) is 1.70. The Morgan fingerprint density at radius 2 is 1.89 bits per heavy atom. The van der Waals surface area contributed by atoms with Crippen molar-refractivity contribution in [3.05, 3.63) is 0 Å². The molecule has 106 valence electrons. The van der Waals surface area contributed by atoms with E-state index in [1.54, 1.807) is 0 Å². The van der Waals surface area contributed by atoms with Crippen LogP contribution in [0.4, 0.5) is 18.0 Å². The van der Waals surface area contributed by atoms with Gasteiger partial charge in [0.15, 0.2) is 0 Å². The second kappa shape index (κ2) is 5.34. The highest BCUT2D eigenvalue weighted by molar-refractivity contribution is 5.68. The molecule has 7 heteroatoms. The number of aliphatic hydroxyl groups is 1. The summed E-state index contributed by atoms with van der Waals surface area (Å²) >= 11 is 0. The second-order valence-corrected chi connectivity index (χ2v) is 5.25. The first kappa shape index (κ1) is 15.1. The molecule has 1 aliphatic rings. The third-order valence-corrected chi connectivity index (χ3v) is 3.15. The van der Waals surface area contributed by atoms with Crippen LogP contribution >= 0.6 is 0 Å². The molecule has 1 atom stereocenters. The lowest BCUT2D eigenvalue weighted by atomic mass is 9.83. The molecular formula is C11H18F3NO3. The first-order valence-corrected chi connectivity index (χ1v) is 5.79. The summed E-state index contributed by atoms with van der Waals surface area (Å²) in [6, 6.07) is 0. The van der Waals surface area contributed by atoms with E-state index in [1.165, 1.54) is 4.90 Å². The topological polar surface area (TPSA) is 49.8 Å². The van der Waals surface area contributed by atoms with E-state index in [9.17, 15) is 18.0 Å². The minimum Gasteiger partial charge on any atom is -0.434 e. The van der Waals surface area contributed by atoms with Gasteiger partial charge in [-0.1, -0.05) is 13.8 Å². The predicted octanol–water partition coefficient (Wildman–Crippen LogP) is 2.17. The quantitative estimate of drug-likeness (QED) is 0.835. The lowest BCUT2D eigenvalue weighted by Gasteiger charge is -2.36. The summed E-state index contributed by atoms with van der Waals surface area (Å²) < 4.78 is 41.2. The fourth-order valence-corrected chi connectivity index (χ4v) is 1.70. The monoisotopic (exact) mass is 269 g/mol. The van der Waals surface area contributed by atoms with Crippen LogP contribution in [0.5, 0.6) is 0 Å². The zero-order chi connectivity index (χ0) is 14.0. The molecule has 0 saturated carbocycles. The number of alkyl halides is 3. The highest BCUT2D eigenvalue weighted by atomic mass is 19.4. The SMILES string of the molecule is CC1(C)CCN(C(=O)OC(CO)C(F)(F)F)CC1. The third-order valence-electron chi connectivity index (χ3n) is 3.15. The number of rotatable bonds is 2. The summed E-state index contributed by atoms with van der Waals surface area (Å²) in [5.41, 5.74) is 0.0944. The number of piperidine rings is 1. The van der Waals surface area contributed by atoms with E-state index in [2.05, 4.69) is 4.74 Å². The van der Waals surface area contributed by atoms with Gasteiger partial charge in [0.2, 0.25) is 6.10 Å². The van der Waals surface area contributed by atoms with Gasteiger partial charge in [0.05, 0.1) is 6.61 Å². The average Bonchev–Trinajstić information content (AvgIpc) is 2.23. The van der Waals surface area contributed by atoms with Crippen LogP contribution in [-0.2, 0) is 4.74 Å². The predicted molar refractivity (Wildman–Crippen MR) is 58.0 cm³/mol. The molecule has 1 fully saturated rings. The van der Waals surface area contributed by atoms with Crippen molar-refractivity contribution in [3.63, 3.8) is 0 Å². The van der Waals surface area contributed by atoms with Gasteiger partial charge in [0, 0.05) is 13.1 Å². The molecule has 0 aromatic heterocycles. The van der Waals surface area contributed by atoms with E-state index in [-0.39, 0.29) is 5.41 Å². The van der Waals surface area contributed by atoms with E-state index >= 15 is 0 Å². The van der Waals surface area contributed by atoms with E-state index < -0.39 is 25.0 Å². The van der Waals surface area contributed by atoms with Crippen LogP contribution in [0.3, 0.4) is 0 Å². The van der Waals surface area contributed by atoms with Gasteiger partial charge in [-0.15, -0.1) is 0 Å². The van der Waals surface area contributed by atoms with Gasteiger partial charge < -0.3 is 14.7 Å². The molecule has 1 N–H and O–H groups in total. The van der Waals surface area contributed by atoms with E-state index in [0.29, 0.717) is 13.1 Å². The lowest BCUT2D eigenvalue weighted by molar-refractivity contribution is -0.215. The Hall–Kier alpha value is -0.980. The molecule has 1 aliphatic heterocycles. The summed E-state index contributed by atoms with van der Waals surface area (Å²) in [5.74, 6) is 0. The Bertz CT molecular complexity index is 294. The Morgan fingerprint density at radius 3 is 2.28 bits per heavy atom. The summed E-state index contributed by atoms with van der Waals surface area (Å²) in [6.07, 6.45) is -6.75. The van der Waals surface area contributed by atoms with Crippen LogP contribution in [0.1, 0.15) is 26.7 Å². The smallest absolute Gasteiger partial charge is 0.427 e. The minimum absolute atomic E-state index is 0.0944. The second-order valence-electron chi connectivity index (χ2n) is 5.25. The van der Waals surface area contributed by atoms with Crippen molar-refractivity contribution in [1.29, 1.82) is 0 Å². The number of nitrogens with zero attached hydrogens (tertiary/aromatic N) is 1. The van der Waals surface area contributed by atoms with Crippen molar-refractivity contribution in [2.75, 3.05) is 19.7 Å². The van der Waals surface area contributed by atoms with Gasteiger partial charge in [0.25, 0.3) is 0 Å². The van der Waals surface area contributed by atoms with Crippen molar-refractivity contribution < 1.29 is 27.8 Å². The maximum absolute atomic E-state index is 12.3. The zero-order valence-corrected chi connectivity index (χ0v) is 10.5. The minimum atomic E-state index is -4.74. The van der Waals surface area contributed by atoms with Crippen LogP contribution < -0.4 is 0 Å². The van der Waals surface area contributed by atoms with Gasteiger partial charge in [-0.25, -0.2) is 4.79 Å². The highest BCUT2D eigenvalue weighted by Crippen LogP contribution is 2.30. The molecule has 0 bridgehead atoms. The molecule has 0 aromatic carbocycles. The average molecular weight is 269 g/mol. The van der Waals surface area contributed by atoms with Crippen LogP contribution in [-0.4, -0.2) is 48.1 Å². The molecule has 4 nitrogen and oxygen atoms in total. The fraction of sp³-hybridized carbons (Fsp3) is 0.909. The molecule has 0 spiro atoms. The normalized spacial score (nSPS) is 21.6. The number of ether oxygens (including phenoxy) is 1. The molecule has 1 heterocycles. The van der Waals surface area contributed by atoms with Crippen LogP contribution in [0.25, 0.3) is 0 Å². The Labute approximate surface area is 104 Å². The van der Waals surface area contributed by atoms with E-state index in [4.69, 9.17) is 5.11 Å². The Kier molecular flexibility index (Phi) is 4.47.